The van der Waals surface area contributed by atoms with E-state index in [1.807, 2.05) is 30.3 Å². The van der Waals surface area contributed by atoms with E-state index in [9.17, 15) is 0 Å². The SMILES string of the molecule is Clc1cc(Cl)c(OCC2OCC(OCc3ccccc3)CO2)cc1Cl. The summed E-state index contributed by atoms with van der Waals surface area (Å²) < 4.78 is 22.6. The van der Waals surface area contributed by atoms with Crippen LogP contribution in [0.3, 0.4) is 0 Å². The number of ether oxygens (including phenoxy) is 4. The fourth-order valence-electron chi connectivity index (χ4n) is 2.28. The minimum atomic E-state index is -0.484. The molecule has 1 aliphatic heterocycles. The molecule has 0 aliphatic carbocycles. The molecule has 1 saturated heterocycles. The molecule has 7 heteroatoms. The summed E-state index contributed by atoms with van der Waals surface area (Å²) in [7, 11) is 0. The zero-order valence-corrected chi connectivity index (χ0v) is 15.6. The van der Waals surface area contributed by atoms with Crippen molar-refractivity contribution < 1.29 is 18.9 Å². The third kappa shape index (κ3) is 5.48. The van der Waals surface area contributed by atoms with Crippen molar-refractivity contribution in [3.8, 4) is 5.75 Å². The number of hydrogen-bond donors (Lipinski definition) is 0. The molecule has 0 spiro atoms. The molecule has 0 aromatic heterocycles. The molecule has 3 rings (SSSR count). The third-order valence-electron chi connectivity index (χ3n) is 3.61. The molecular weight excluding hydrogens is 387 g/mol. The Morgan fingerprint density at radius 1 is 0.920 bits per heavy atom. The van der Waals surface area contributed by atoms with E-state index in [2.05, 4.69) is 0 Å². The Morgan fingerprint density at radius 3 is 2.32 bits per heavy atom. The fourth-order valence-corrected chi connectivity index (χ4v) is 2.87. The molecule has 1 heterocycles. The van der Waals surface area contributed by atoms with Crippen LogP contribution in [-0.2, 0) is 20.8 Å². The maximum absolute atomic E-state index is 6.07. The molecule has 0 bridgehead atoms. The molecule has 25 heavy (non-hydrogen) atoms. The van der Waals surface area contributed by atoms with Crippen molar-refractivity contribution in [1.82, 2.24) is 0 Å². The van der Waals surface area contributed by atoms with E-state index in [0.29, 0.717) is 40.6 Å². The number of benzene rings is 2. The highest BCUT2D eigenvalue weighted by atomic mass is 35.5. The van der Waals surface area contributed by atoms with Crippen molar-refractivity contribution in [2.24, 2.45) is 0 Å². The predicted molar refractivity (Wildman–Crippen MR) is 97.7 cm³/mol. The van der Waals surface area contributed by atoms with Crippen LogP contribution in [-0.4, -0.2) is 32.2 Å². The van der Waals surface area contributed by atoms with Gasteiger partial charge in [0.2, 0.25) is 0 Å². The van der Waals surface area contributed by atoms with Gasteiger partial charge in [0, 0.05) is 6.07 Å². The van der Waals surface area contributed by atoms with E-state index in [1.165, 1.54) is 6.07 Å². The zero-order valence-electron chi connectivity index (χ0n) is 13.3. The van der Waals surface area contributed by atoms with Gasteiger partial charge in [-0.1, -0.05) is 65.1 Å². The molecule has 2 aromatic rings. The summed E-state index contributed by atoms with van der Waals surface area (Å²) >= 11 is 17.9. The molecule has 0 amide bonds. The second-order valence-corrected chi connectivity index (χ2v) is 6.74. The lowest BCUT2D eigenvalue weighted by Crippen LogP contribution is -2.40. The molecule has 1 fully saturated rings. The van der Waals surface area contributed by atoms with Crippen LogP contribution in [0.5, 0.6) is 5.75 Å². The van der Waals surface area contributed by atoms with Gasteiger partial charge in [0.1, 0.15) is 18.5 Å². The van der Waals surface area contributed by atoms with E-state index in [4.69, 9.17) is 53.8 Å². The standard InChI is InChI=1S/C18H17Cl3O4/c19-14-6-16(21)17(7-15(14)20)23-11-18-24-9-13(10-25-18)22-8-12-4-2-1-3-5-12/h1-7,13,18H,8-11H2. The molecule has 134 valence electrons. The Hall–Kier alpha value is -1.01. The first-order valence-electron chi connectivity index (χ1n) is 7.78. The first-order valence-corrected chi connectivity index (χ1v) is 8.91. The smallest absolute Gasteiger partial charge is 0.191 e. The molecule has 2 aromatic carbocycles. The topological polar surface area (TPSA) is 36.9 Å². The quantitative estimate of drug-likeness (QED) is 0.637. The van der Waals surface area contributed by atoms with E-state index < -0.39 is 6.29 Å². The second kappa shape index (κ2) is 9.08. The summed E-state index contributed by atoms with van der Waals surface area (Å²) in [4.78, 5) is 0. The summed E-state index contributed by atoms with van der Waals surface area (Å²) in [6.45, 7) is 1.60. The summed E-state index contributed by atoms with van der Waals surface area (Å²) in [5.74, 6) is 0.436. The fraction of sp³-hybridized carbons (Fsp3) is 0.333. The minimum absolute atomic E-state index is 0.106. The molecule has 0 saturated carbocycles. The second-order valence-electron chi connectivity index (χ2n) is 5.52. The zero-order chi connectivity index (χ0) is 17.6. The average molecular weight is 404 g/mol. The van der Waals surface area contributed by atoms with Gasteiger partial charge in [0.25, 0.3) is 0 Å². The lowest BCUT2D eigenvalue weighted by Gasteiger charge is -2.29. The first-order chi connectivity index (χ1) is 12.1. The van der Waals surface area contributed by atoms with Crippen LogP contribution >= 0.6 is 34.8 Å². The van der Waals surface area contributed by atoms with Crippen LogP contribution in [0.4, 0.5) is 0 Å². The van der Waals surface area contributed by atoms with Crippen LogP contribution in [0.2, 0.25) is 15.1 Å². The first kappa shape index (κ1) is 18.8. The summed E-state index contributed by atoms with van der Waals surface area (Å²) in [6, 6.07) is 13.1. The van der Waals surface area contributed by atoms with Crippen molar-refractivity contribution in [2.45, 2.75) is 19.0 Å². The molecule has 0 atom stereocenters. The Balaban J connectivity index is 1.41. The Bertz CT molecular complexity index is 688. The highest BCUT2D eigenvalue weighted by Gasteiger charge is 2.23. The Labute approximate surface area is 161 Å². The van der Waals surface area contributed by atoms with Gasteiger partial charge in [0.05, 0.1) is 34.9 Å². The lowest BCUT2D eigenvalue weighted by atomic mass is 10.2. The normalized spacial score (nSPS) is 20.4. The van der Waals surface area contributed by atoms with E-state index in [-0.39, 0.29) is 12.7 Å². The lowest BCUT2D eigenvalue weighted by molar-refractivity contribution is -0.236. The number of halogens is 3. The Morgan fingerprint density at radius 2 is 1.60 bits per heavy atom. The van der Waals surface area contributed by atoms with Crippen molar-refractivity contribution in [2.75, 3.05) is 19.8 Å². The summed E-state index contributed by atoms with van der Waals surface area (Å²) in [6.07, 6.45) is -0.591. The highest BCUT2D eigenvalue weighted by Crippen LogP contribution is 2.34. The van der Waals surface area contributed by atoms with Crippen LogP contribution < -0.4 is 4.74 Å². The predicted octanol–water partition coefficient (Wildman–Crippen LogP) is 4.98. The van der Waals surface area contributed by atoms with Gasteiger partial charge in [-0.25, -0.2) is 0 Å². The molecule has 0 unspecified atom stereocenters. The molecule has 0 radical (unpaired) electrons. The van der Waals surface area contributed by atoms with Crippen molar-refractivity contribution >= 4 is 34.8 Å². The number of hydrogen-bond acceptors (Lipinski definition) is 4. The van der Waals surface area contributed by atoms with E-state index >= 15 is 0 Å². The van der Waals surface area contributed by atoms with Gasteiger partial charge in [-0.3, -0.25) is 0 Å². The van der Waals surface area contributed by atoms with Gasteiger partial charge >= 0.3 is 0 Å². The Kier molecular flexibility index (Phi) is 6.82. The molecule has 0 N–H and O–H groups in total. The van der Waals surface area contributed by atoms with Gasteiger partial charge in [-0.15, -0.1) is 0 Å². The van der Waals surface area contributed by atoms with E-state index in [1.54, 1.807) is 6.07 Å². The van der Waals surface area contributed by atoms with Crippen molar-refractivity contribution in [1.29, 1.82) is 0 Å². The van der Waals surface area contributed by atoms with Crippen LogP contribution in [0.15, 0.2) is 42.5 Å². The van der Waals surface area contributed by atoms with Crippen LogP contribution in [0.25, 0.3) is 0 Å². The van der Waals surface area contributed by atoms with Gasteiger partial charge in [-0.05, 0) is 11.6 Å². The van der Waals surface area contributed by atoms with Crippen LogP contribution in [0, 0.1) is 0 Å². The molecular formula is C18H17Cl3O4. The van der Waals surface area contributed by atoms with Gasteiger partial charge in [0.15, 0.2) is 6.29 Å². The van der Waals surface area contributed by atoms with Gasteiger partial charge in [-0.2, -0.15) is 0 Å². The summed E-state index contributed by atoms with van der Waals surface area (Å²) in [5.41, 5.74) is 1.11. The van der Waals surface area contributed by atoms with Crippen molar-refractivity contribution in [3.63, 3.8) is 0 Å². The van der Waals surface area contributed by atoms with Gasteiger partial charge < -0.3 is 18.9 Å². The molecule has 4 nitrogen and oxygen atoms in total. The average Bonchev–Trinajstić information content (AvgIpc) is 2.64. The maximum atomic E-state index is 6.07. The van der Waals surface area contributed by atoms with E-state index in [0.717, 1.165) is 5.56 Å². The largest absolute Gasteiger partial charge is 0.487 e. The highest BCUT2D eigenvalue weighted by molar-refractivity contribution is 6.43. The third-order valence-corrected chi connectivity index (χ3v) is 4.63. The monoisotopic (exact) mass is 402 g/mol. The number of rotatable bonds is 6. The minimum Gasteiger partial charge on any atom is -0.487 e. The maximum Gasteiger partial charge on any atom is 0.191 e. The van der Waals surface area contributed by atoms with Crippen LogP contribution in [0.1, 0.15) is 5.56 Å². The van der Waals surface area contributed by atoms with Crippen molar-refractivity contribution in [3.05, 3.63) is 63.1 Å². The molecule has 1 aliphatic rings. The summed E-state index contributed by atoms with van der Waals surface area (Å²) in [5, 5.41) is 1.14.